The summed E-state index contributed by atoms with van der Waals surface area (Å²) in [5.41, 5.74) is -0.538. The standard InChI is InChI=1S/C11H21FN2O2/c1-11(2,3)16-10(15)14(4)9-5-6-13-7-8(9)12/h8-9,13H,5-7H2,1-4H3/t8-,9+/m1/s1. The van der Waals surface area contributed by atoms with Gasteiger partial charge in [0.15, 0.2) is 0 Å². The van der Waals surface area contributed by atoms with E-state index >= 15 is 0 Å². The van der Waals surface area contributed by atoms with Crippen LogP contribution in [0.15, 0.2) is 0 Å². The molecule has 0 aromatic rings. The number of piperidine rings is 1. The molecule has 5 heteroatoms. The second-order valence-electron chi connectivity index (χ2n) is 5.17. The molecule has 1 aliphatic heterocycles. The number of rotatable bonds is 1. The summed E-state index contributed by atoms with van der Waals surface area (Å²) >= 11 is 0. The van der Waals surface area contributed by atoms with E-state index in [2.05, 4.69) is 5.32 Å². The Labute approximate surface area is 96.1 Å². The first-order chi connectivity index (χ1) is 7.31. The van der Waals surface area contributed by atoms with Gasteiger partial charge in [-0.1, -0.05) is 0 Å². The van der Waals surface area contributed by atoms with Gasteiger partial charge in [0.1, 0.15) is 11.8 Å². The van der Waals surface area contributed by atoms with Crippen molar-refractivity contribution in [3.8, 4) is 0 Å². The Hall–Kier alpha value is -0.840. The van der Waals surface area contributed by atoms with E-state index in [0.717, 1.165) is 6.54 Å². The van der Waals surface area contributed by atoms with Crippen LogP contribution in [0.25, 0.3) is 0 Å². The minimum atomic E-state index is -1.02. The average molecular weight is 232 g/mol. The molecule has 0 aliphatic carbocycles. The van der Waals surface area contributed by atoms with Gasteiger partial charge in [-0.25, -0.2) is 9.18 Å². The molecule has 16 heavy (non-hydrogen) atoms. The van der Waals surface area contributed by atoms with Crippen LogP contribution in [0.4, 0.5) is 9.18 Å². The minimum Gasteiger partial charge on any atom is -0.444 e. The van der Waals surface area contributed by atoms with Gasteiger partial charge in [-0.2, -0.15) is 0 Å². The first-order valence-corrected chi connectivity index (χ1v) is 5.62. The Balaban J connectivity index is 2.55. The van der Waals surface area contributed by atoms with Gasteiger partial charge in [0.05, 0.1) is 6.04 Å². The highest BCUT2D eigenvalue weighted by molar-refractivity contribution is 5.68. The fourth-order valence-corrected chi connectivity index (χ4v) is 1.71. The Morgan fingerprint density at radius 1 is 1.50 bits per heavy atom. The summed E-state index contributed by atoms with van der Waals surface area (Å²) in [7, 11) is 1.59. The van der Waals surface area contributed by atoms with Crippen molar-refractivity contribution in [2.24, 2.45) is 0 Å². The molecule has 1 aliphatic rings. The van der Waals surface area contributed by atoms with Crippen LogP contribution in [0.2, 0.25) is 0 Å². The predicted octanol–water partition coefficient (Wildman–Crippen LogP) is 1.55. The van der Waals surface area contributed by atoms with Crippen molar-refractivity contribution in [2.75, 3.05) is 20.1 Å². The molecule has 94 valence electrons. The number of halogens is 1. The van der Waals surface area contributed by atoms with Crippen LogP contribution in [-0.4, -0.2) is 48.9 Å². The number of hydrogen-bond donors (Lipinski definition) is 1. The molecule has 2 atom stereocenters. The van der Waals surface area contributed by atoms with E-state index in [1.807, 2.05) is 0 Å². The third kappa shape index (κ3) is 3.63. The molecule has 0 saturated carbocycles. The van der Waals surface area contributed by atoms with E-state index in [1.165, 1.54) is 4.90 Å². The zero-order valence-electron chi connectivity index (χ0n) is 10.4. The fraction of sp³-hybridized carbons (Fsp3) is 0.909. The van der Waals surface area contributed by atoms with E-state index in [1.54, 1.807) is 27.8 Å². The third-order valence-corrected chi connectivity index (χ3v) is 2.55. The average Bonchev–Trinajstić information content (AvgIpc) is 2.15. The molecule has 0 unspecified atom stereocenters. The highest BCUT2D eigenvalue weighted by Crippen LogP contribution is 2.17. The molecule has 0 aromatic heterocycles. The lowest BCUT2D eigenvalue weighted by atomic mass is 10.0. The van der Waals surface area contributed by atoms with Crippen molar-refractivity contribution < 1.29 is 13.9 Å². The highest BCUT2D eigenvalue weighted by atomic mass is 19.1. The number of carbonyl (C=O) groups excluding carboxylic acids is 1. The highest BCUT2D eigenvalue weighted by Gasteiger charge is 2.32. The minimum absolute atomic E-state index is 0.303. The zero-order chi connectivity index (χ0) is 12.3. The van der Waals surface area contributed by atoms with Crippen molar-refractivity contribution in [1.82, 2.24) is 10.2 Å². The first-order valence-electron chi connectivity index (χ1n) is 5.62. The van der Waals surface area contributed by atoms with Gasteiger partial charge in [-0.3, -0.25) is 0 Å². The van der Waals surface area contributed by atoms with Crippen LogP contribution >= 0.6 is 0 Å². The Morgan fingerprint density at radius 3 is 2.62 bits per heavy atom. The number of hydrogen-bond acceptors (Lipinski definition) is 3. The van der Waals surface area contributed by atoms with Crippen LogP contribution < -0.4 is 5.32 Å². The van der Waals surface area contributed by atoms with E-state index in [0.29, 0.717) is 13.0 Å². The second kappa shape index (κ2) is 4.99. The maximum absolute atomic E-state index is 13.6. The van der Waals surface area contributed by atoms with Crippen LogP contribution in [0.1, 0.15) is 27.2 Å². The molecule has 4 nitrogen and oxygen atoms in total. The summed E-state index contributed by atoms with van der Waals surface area (Å²) < 4.78 is 18.8. The van der Waals surface area contributed by atoms with Crippen LogP contribution in [0.3, 0.4) is 0 Å². The molecule has 0 aromatic carbocycles. The number of nitrogens with zero attached hydrogens (tertiary/aromatic N) is 1. The Morgan fingerprint density at radius 2 is 2.12 bits per heavy atom. The van der Waals surface area contributed by atoms with Gasteiger partial charge in [0.2, 0.25) is 0 Å². The molecule has 1 saturated heterocycles. The third-order valence-electron chi connectivity index (χ3n) is 2.55. The molecule has 1 amide bonds. The van der Waals surface area contributed by atoms with Crippen LogP contribution in [0.5, 0.6) is 0 Å². The Kier molecular flexibility index (Phi) is 4.13. The SMILES string of the molecule is CN(C(=O)OC(C)(C)C)[C@H]1CCNC[C@H]1F. The summed E-state index contributed by atoms with van der Waals surface area (Å²) in [6, 6.07) is -0.379. The summed E-state index contributed by atoms with van der Waals surface area (Å²) in [6.07, 6.45) is -0.856. The molecule has 1 rings (SSSR count). The summed E-state index contributed by atoms with van der Waals surface area (Å²) in [5.74, 6) is 0. The lowest BCUT2D eigenvalue weighted by Gasteiger charge is -2.35. The largest absolute Gasteiger partial charge is 0.444 e. The lowest BCUT2D eigenvalue weighted by Crippen LogP contribution is -2.52. The smallest absolute Gasteiger partial charge is 0.410 e. The van der Waals surface area contributed by atoms with Gasteiger partial charge in [-0.05, 0) is 33.7 Å². The van der Waals surface area contributed by atoms with E-state index in [9.17, 15) is 9.18 Å². The topological polar surface area (TPSA) is 41.6 Å². The first kappa shape index (κ1) is 13.2. The molecule has 0 radical (unpaired) electrons. The van der Waals surface area contributed by atoms with Gasteiger partial charge >= 0.3 is 6.09 Å². The molecule has 1 fully saturated rings. The molecule has 0 spiro atoms. The van der Waals surface area contributed by atoms with E-state index in [4.69, 9.17) is 4.74 Å². The van der Waals surface area contributed by atoms with Crippen LogP contribution in [-0.2, 0) is 4.74 Å². The van der Waals surface area contributed by atoms with Gasteiger partial charge < -0.3 is 15.0 Å². The number of amides is 1. The summed E-state index contributed by atoms with van der Waals surface area (Å²) in [6.45, 7) is 6.44. The molecular weight excluding hydrogens is 211 g/mol. The fourth-order valence-electron chi connectivity index (χ4n) is 1.71. The molecule has 1 heterocycles. The normalized spacial score (nSPS) is 26.3. The molecule has 0 bridgehead atoms. The van der Waals surface area contributed by atoms with Gasteiger partial charge in [0, 0.05) is 13.6 Å². The quantitative estimate of drug-likeness (QED) is 0.746. The van der Waals surface area contributed by atoms with Crippen LogP contribution in [0, 0.1) is 0 Å². The predicted molar refractivity (Wildman–Crippen MR) is 60.2 cm³/mol. The Bertz CT molecular complexity index is 253. The van der Waals surface area contributed by atoms with Crippen molar-refractivity contribution in [3.63, 3.8) is 0 Å². The number of ether oxygens (including phenoxy) is 1. The number of carbonyl (C=O) groups is 1. The lowest BCUT2D eigenvalue weighted by molar-refractivity contribution is 0.00924. The summed E-state index contributed by atoms with van der Waals surface area (Å²) in [4.78, 5) is 13.1. The van der Waals surface area contributed by atoms with Crippen molar-refractivity contribution >= 4 is 6.09 Å². The van der Waals surface area contributed by atoms with Gasteiger partial charge in [-0.15, -0.1) is 0 Å². The van der Waals surface area contributed by atoms with Crippen molar-refractivity contribution in [3.05, 3.63) is 0 Å². The second-order valence-corrected chi connectivity index (χ2v) is 5.17. The number of alkyl halides is 1. The zero-order valence-corrected chi connectivity index (χ0v) is 10.4. The van der Waals surface area contributed by atoms with Gasteiger partial charge in [0.25, 0.3) is 0 Å². The van der Waals surface area contributed by atoms with Crippen molar-refractivity contribution in [1.29, 1.82) is 0 Å². The maximum atomic E-state index is 13.6. The van der Waals surface area contributed by atoms with E-state index < -0.39 is 17.9 Å². The van der Waals surface area contributed by atoms with Crippen molar-refractivity contribution in [2.45, 2.75) is 45.0 Å². The van der Waals surface area contributed by atoms with E-state index in [-0.39, 0.29) is 6.04 Å². The summed E-state index contributed by atoms with van der Waals surface area (Å²) in [5, 5.41) is 2.95. The molecule has 1 N–H and O–H groups in total. The molecular formula is C11H21FN2O2. The maximum Gasteiger partial charge on any atom is 0.410 e. The monoisotopic (exact) mass is 232 g/mol. The number of nitrogens with one attached hydrogen (secondary N) is 1.